The zero-order valence-electron chi connectivity index (χ0n) is 46.3. The minimum atomic E-state index is -0.683. The van der Waals surface area contributed by atoms with Gasteiger partial charge in [-0.2, -0.15) is 0 Å². The molecule has 0 aromatic rings. The van der Waals surface area contributed by atoms with E-state index in [2.05, 4.69) is 55.6 Å². The van der Waals surface area contributed by atoms with Gasteiger partial charge in [0, 0.05) is 12.8 Å². The number of aliphatic hydroxyl groups excluding tert-OH is 2. The Morgan fingerprint density at radius 1 is 0.406 bits per heavy atom. The van der Waals surface area contributed by atoms with E-state index in [0.29, 0.717) is 25.9 Å². The molecule has 0 fully saturated rings. The van der Waals surface area contributed by atoms with Gasteiger partial charge in [-0.3, -0.25) is 9.59 Å². The number of rotatable bonds is 57. The maximum atomic E-state index is 12.5. The lowest BCUT2D eigenvalue weighted by atomic mass is 10.0. The zero-order chi connectivity index (χ0) is 50.0. The Morgan fingerprint density at radius 3 is 1.16 bits per heavy atom. The number of hydrogen-bond donors (Lipinski definition) is 3. The number of hydrogen-bond acceptors (Lipinski definition) is 5. The molecule has 0 spiro atoms. The summed E-state index contributed by atoms with van der Waals surface area (Å²) in [6, 6.07) is -0.563. The van der Waals surface area contributed by atoms with E-state index < -0.39 is 12.1 Å². The van der Waals surface area contributed by atoms with Gasteiger partial charge in [0.05, 0.1) is 25.4 Å². The average Bonchev–Trinajstić information content (AvgIpc) is 3.35. The molecule has 0 radical (unpaired) electrons. The van der Waals surface area contributed by atoms with Crippen LogP contribution < -0.4 is 5.32 Å². The summed E-state index contributed by atoms with van der Waals surface area (Å²) >= 11 is 0. The highest BCUT2D eigenvalue weighted by atomic mass is 16.5. The lowest BCUT2D eigenvalue weighted by Crippen LogP contribution is -2.45. The van der Waals surface area contributed by atoms with Gasteiger partial charge in [0.15, 0.2) is 0 Å². The summed E-state index contributed by atoms with van der Waals surface area (Å²) in [5.41, 5.74) is 0. The zero-order valence-corrected chi connectivity index (χ0v) is 46.3. The Bertz CT molecular complexity index is 1120. The van der Waals surface area contributed by atoms with Crippen LogP contribution in [-0.2, 0) is 14.3 Å². The summed E-state index contributed by atoms with van der Waals surface area (Å²) in [6.45, 7) is 4.90. The largest absolute Gasteiger partial charge is 0.466 e. The summed E-state index contributed by atoms with van der Waals surface area (Å²) in [5.74, 6) is -0.0786. The van der Waals surface area contributed by atoms with Gasteiger partial charge in [-0.1, -0.05) is 269 Å². The molecular formula is C63H119NO5. The van der Waals surface area contributed by atoms with Gasteiger partial charge in [0.25, 0.3) is 0 Å². The van der Waals surface area contributed by atoms with Gasteiger partial charge >= 0.3 is 5.97 Å². The molecule has 0 aliphatic carbocycles. The quantitative estimate of drug-likeness (QED) is 0.0321. The highest BCUT2D eigenvalue weighted by Crippen LogP contribution is 2.17. The van der Waals surface area contributed by atoms with E-state index in [1.165, 1.54) is 218 Å². The van der Waals surface area contributed by atoms with Crippen molar-refractivity contribution in [3.63, 3.8) is 0 Å². The van der Waals surface area contributed by atoms with Crippen molar-refractivity contribution in [2.45, 2.75) is 341 Å². The number of ether oxygens (including phenoxy) is 1. The molecule has 1 amide bonds. The van der Waals surface area contributed by atoms with Gasteiger partial charge in [-0.05, 0) is 83.5 Å². The third-order valence-electron chi connectivity index (χ3n) is 14.2. The Morgan fingerprint density at radius 2 is 0.725 bits per heavy atom. The van der Waals surface area contributed by atoms with E-state index in [1.54, 1.807) is 0 Å². The van der Waals surface area contributed by atoms with Gasteiger partial charge in [0.2, 0.25) is 5.91 Å². The summed E-state index contributed by atoms with van der Waals surface area (Å²) in [4.78, 5) is 24.6. The molecule has 69 heavy (non-hydrogen) atoms. The highest BCUT2D eigenvalue weighted by Gasteiger charge is 2.20. The second-order valence-electron chi connectivity index (χ2n) is 21.0. The topological polar surface area (TPSA) is 95.9 Å². The van der Waals surface area contributed by atoms with E-state index in [9.17, 15) is 19.8 Å². The van der Waals surface area contributed by atoms with Crippen LogP contribution in [0.4, 0.5) is 0 Å². The van der Waals surface area contributed by atoms with Crippen molar-refractivity contribution in [1.29, 1.82) is 0 Å². The minimum absolute atomic E-state index is 0.0158. The van der Waals surface area contributed by atoms with E-state index in [-0.39, 0.29) is 18.5 Å². The molecule has 0 aromatic carbocycles. The molecule has 0 aliphatic heterocycles. The van der Waals surface area contributed by atoms with Crippen LogP contribution in [-0.4, -0.2) is 47.4 Å². The van der Waals surface area contributed by atoms with Gasteiger partial charge in [0.1, 0.15) is 0 Å². The van der Waals surface area contributed by atoms with Crippen molar-refractivity contribution in [2.75, 3.05) is 13.2 Å². The first-order valence-corrected chi connectivity index (χ1v) is 30.7. The second-order valence-corrected chi connectivity index (χ2v) is 21.0. The molecule has 0 saturated heterocycles. The maximum absolute atomic E-state index is 12.5. The van der Waals surface area contributed by atoms with E-state index in [1.807, 2.05) is 0 Å². The molecule has 0 rings (SSSR count). The standard InChI is InChI=1S/C63H119NO5/c1-3-5-7-9-11-13-15-17-19-21-23-25-26-28-31-35-39-43-47-51-55-61(66)60(59-65)64-62(67)56-52-48-44-40-36-32-30-34-38-42-46-50-54-58-69-63(68)57-53-49-45-41-37-33-29-27-24-22-20-18-16-14-12-10-8-6-4-2/h12,14,18,20,32,36,60-61,65-66H,3-11,13,15-17,19,21-31,33-35,37-59H2,1-2H3,(H,64,67)/b14-12-,20-18-,36-32-. The molecule has 2 atom stereocenters. The molecule has 0 saturated carbocycles. The summed E-state index contributed by atoms with van der Waals surface area (Å²) in [5, 5.41) is 23.3. The fourth-order valence-electron chi connectivity index (χ4n) is 9.43. The molecule has 6 nitrogen and oxygen atoms in total. The number of aliphatic hydroxyl groups is 2. The maximum Gasteiger partial charge on any atom is 0.305 e. The average molecular weight is 971 g/mol. The van der Waals surface area contributed by atoms with E-state index >= 15 is 0 Å². The third kappa shape index (κ3) is 55.2. The van der Waals surface area contributed by atoms with Crippen LogP contribution in [0.3, 0.4) is 0 Å². The molecule has 6 heteroatoms. The number of unbranched alkanes of at least 4 members (excludes halogenated alkanes) is 40. The number of esters is 1. The van der Waals surface area contributed by atoms with Crippen molar-refractivity contribution in [1.82, 2.24) is 5.32 Å². The normalized spacial score (nSPS) is 12.8. The second kappa shape index (κ2) is 58.6. The third-order valence-corrected chi connectivity index (χ3v) is 14.2. The van der Waals surface area contributed by atoms with Crippen LogP contribution >= 0.6 is 0 Å². The summed E-state index contributed by atoms with van der Waals surface area (Å²) in [6.07, 6.45) is 72.8. The van der Waals surface area contributed by atoms with Gasteiger partial charge in [-0.15, -0.1) is 0 Å². The monoisotopic (exact) mass is 970 g/mol. The van der Waals surface area contributed by atoms with Crippen LogP contribution in [0.1, 0.15) is 328 Å². The molecule has 0 aliphatic rings. The fourth-order valence-corrected chi connectivity index (χ4v) is 9.43. The molecule has 3 N–H and O–H groups in total. The number of carbonyl (C=O) groups is 2. The fraction of sp³-hybridized carbons (Fsp3) is 0.873. The Kier molecular flexibility index (Phi) is 57.0. The SMILES string of the molecule is CCCCC/C=C\C/C=C\CCCCCCCCCCCC(=O)OCCCCCCCC/C=C\CCCCCC(=O)NC(CO)C(O)CCCCCCCCCCCCCCCCCCCCCC. The number of amides is 1. The van der Waals surface area contributed by atoms with Crippen molar-refractivity contribution in [2.24, 2.45) is 0 Å². The lowest BCUT2D eigenvalue weighted by Gasteiger charge is -2.22. The molecule has 0 bridgehead atoms. The van der Waals surface area contributed by atoms with Crippen molar-refractivity contribution in [3.05, 3.63) is 36.5 Å². The van der Waals surface area contributed by atoms with Crippen molar-refractivity contribution in [3.8, 4) is 0 Å². The first kappa shape index (κ1) is 67.1. The molecular weight excluding hydrogens is 851 g/mol. The van der Waals surface area contributed by atoms with Crippen LogP contribution in [0.2, 0.25) is 0 Å². The first-order chi connectivity index (χ1) is 34.0. The van der Waals surface area contributed by atoms with E-state index in [0.717, 1.165) is 77.0 Å². The predicted molar refractivity (Wildman–Crippen MR) is 301 cm³/mol. The van der Waals surface area contributed by atoms with Gasteiger partial charge in [-0.25, -0.2) is 0 Å². The molecule has 406 valence electrons. The van der Waals surface area contributed by atoms with Crippen LogP contribution in [0.5, 0.6) is 0 Å². The van der Waals surface area contributed by atoms with E-state index in [4.69, 9.17) is 4.74 Å². The molecule has 0 aromatic heterocycles. The van der Waals surface area contributed by atoms with Crippen LogP contribution in [0, 0.1) is 0 Å². The van der Waals surface area contributed by atoms with Crippen LogP contribution in [0.15, 0.2) is 36.5 Å². The summed E-state index contributed by atoms with van der Waals surface area (Å²) in [7, 11) is 0. The number of nitrogens with one attached hydrogen (secondary N) is 1. The molecule has 0 heterocycles. The highest BCUT2D eigenvalue weighted by molar-refractivity contribution is 5.76. The van der Waals surface area contributed by atoms with Crippen LogP contribution in [0.25, 0.3) is 0 Å². The smallest absolute Gasteiger partial charge is 0.305 e. The Balaban J connectivity index is 3.48. The van der Waals surface area contributed by atoms with Crippen molar-refractivity contribution < 1.29 is 24.5 Å². The lowest BCUT2D eigenvalue weighted by molar-refractivity contribution is -0.143. The minimum Gasteiger partial charge on any atom is -0.466 e. The Labute approximate surface area is 430 Å². The Hall–Kier alpha value is -1.92. The number of carbonyl (C=O) groups excluding carboxylic acids is 2. The van der Waals surface area contributed by atoms with Gasteiger partial charge < -0.3 is 20.3 Å². The number of allylic oxidation sites excluding steroid dienone is 6. The van der Waals surface area contributed by atoms with Crippen molar-refractivity contribution >= 4 is 11.9 Å². The first-order valence-electron chi connectivity index (χ1n) is 30.7. The summed E-state index contributed by atoms with van der Waals surface area (Å²) < 4.78 is 5.48. The molecule has 2 unspecified atom stereocenters. The predicted octanol–water partition coefficient (Wildman–Crippen LogP) is 19.2.